The lowest BCUT2D eigenvalue weighted by atomic mass is 9.84. The molecule has 2 aliphatic heterocycles. The lowest BCUT2D eigenvalue weighted by molar-refractivity contribution is -0.122. The van der Waals surface area contributed by atoms with Crippen LogP contribution < -0.4 is 4.42 Å². The Bertz CT molecular complexity index is 429. The molecule has 0 N–H and O–H groups in total. The van der Waals surface area contributed by atoms with Crippen molar-refractivity contribution in [3.8, 4) is 0 Å². The van der Waals surface area contributed by atoms with Gasteiger partial charge < -0.3 is 4.74 Å². The Hall–Kier alpha value is -1.13. The zero-order chi connectivity index (χ0) is 10.5. The van der Waals surface area contributed by atoms with Crippen molar-refractivity contribution < 1.29 is 9.53 Å². The van der Waals surface area contributed by atoms with Crippen molar-refractivity contribution in [1.82, 2.24) is 4.98 Å². The second kappa shape index (κ2) is 2.93. The van der Waals surface area contributed by atoms with Crippen molar-refractivity contribution in [2.75, 3.05) is 17.6 Å². The van der Waals surface area contributed by atoms with Crippen LogP contribution in [0.2, 0.25) is 0 Å². The summed E-state index contributed by atoms with van der Waals surface area (Å²) in [6.07, 6.45) is 2.35. The number of halogens is 1. The van der Waals surface area contributed by atoms with E-state index < -0.39 is 5.41 Å². The highest BCUT2D eigenvalue weighted by Gasteiger charge is 2.54. The summed E-state index contributed by atoms with van der Waals surface area (Å²) in [6.45, 7) is 0.978. The average molecular weight is 225 g/mol. The molecular weight excluding hydrogens is 216 g/mol. The molecule has 1 amide bonds. The fourth-order valence-electron chi connectivity index (χ4n) is 2.24. The molecule has 0 aromatic carbocycles. The number of carbonyl (C=O) groups excluding carboxylic acids is 1. The Morgan fingerprint density at radius 3 is 3.20 bits per heavy atom. The number of carbonyl (C=O) groups is 1. The van der Waals surface area contributed by atoms with Crippen LogP contribution in [0.3, 0.4) is 0 Å². The van der Waals surface area contributed by atoms with E-state index in [1.165, 1.54) is 0 Å². The summed E-state index contributed by atoms with van der Waals surface area (Å²) in [7, 11) is 0. The summed E-state index contributed by atoms with van der Waals surface area (Å²) in [5.41, 5.74) is 0.815. The number of rotatable bonds is 0. The first-order chi connectivity index (χ1) is 7.26. The molecule has 2 aliphatic rings. The Balaban J connectivity index is 2.22. The third-order valence-corrected chi connectivity index (χ3v) is 3.40. The number of anilines is 1. The Labute approximate surface area is 91.9 Å². The highest BCUT2D eigenvalue weighted by molar-refractivity contribution is 6.40. The second-order valence-corrected chi connectivity index (χ2v) is 4.18. The second-order valence-electron chi connectivity index (χ2n) is 3.84. The zero-order valence-electron chi connectivity index (χ0n) is 7.94. The summed E-state index contributed by atoms with van der Waals surface area (Å²) in [4.78, 5) is 16.3. The largest absolute Gasteiger partial charge is 0.380 e. The summed E-state index contributed by atoms with van der Waals surface area (Å²) in [5, 5.41) is 0. The van der Waals surface area contributed by atoms with Crippen molar-refractivity contribution in [1.29, 1.82) is 0 Å². The van der Waals surface area contributed by atoms with Crippen molar-refractivity contribution in [2.45, 2.75) is 11.8 Å². The molecule has 0 radical (unpaired) electrons. The minimum atomic E-state index is -0.627. The molecule has 1 saturated heterocycles. The maximum absolute atomic E-state index is 12.1. The molecule has 1 unspecified atom stereocenters. The van der Waals surface area contributed by atoms with E-state index in [-0.39, 0.29) is 5.91 Å². The van der Waals surface area contributed by atoms with Crippen molar-refractivity contribution in [3.05, 3.63) is 24.0 Å². The first kappa shape index (κ1) is 9.12. The van der Waals surface area contributed by atoms with E-state index in [9.17, 15) is 4.79 Å². The number of nitrogens with zero attached hydrogens (tertiary/aromatic N) is 2. The topological polar surface area (TPSA) is 42.4 Å². The van der Waals surface area contributed by atoms with E-state index in [4.69, 9.17) is 16.5 Å². The summed E-state index contributed by atoms with van der Waals surface area (Å²) >= 11 is 5.95. The van der Waals surface area contributed by atoms with Crippen molar-refractivity contribution >= 4 is 23.4 Å². The van der Waals surface area contributed by atoms with E-state index in [0.717, 1.165) is 10.1 Å². The molecule has 0 aliphatic carbocycles. The van der Waals surface area contributed by atoms with E-state index in [0.29, 0.717) is 25.3 Å². The molecular formula is C10H9ClN2O2. The number of pyridine rings is 1. The molecule has 0 bridgehead atoms. The zero-order valence-corrected chi connectivity index (χ0v) is 8.70. The minimum absolute atomic E-state index is 0.115. The fourth-order valence-corrected chi connectivity index (χ4v) is 2.54. The molecule has 1 aromatic heterocycles. The van der Waals surface area contributed by atoms with Gasteiger partial charge in [-0.25, -0.2) is 4.42 Å². The Kier molecular flexibility index (Phi) is 1.78. The quantitative estimate of drug-likeness (QED) is 0.623. The van der Waals surface area contributed by atoms with Crippen LogP contribution in [0.15, 0.2) is 18.3 Å². The Morgan fingerprint density at radius 2 is 2.47 bits per heavy atom. The van der Waals surface area contributed by atoms with Crippen LogP contribution in [0.4, 0.5) is 5.69 Å². The van der Waals surface area contributed by atoms with E-state index in [1.807, 2.05) is 0 Å². The summed E-state index contributed by atoms with van der Waals surface area (Å²) in [6, 6.07) is 3.58. The van der Waals surface area contributed by atoms with Gasteiger partial charge in [0.25, 0.3) is 5.91 Å². The van der Waals surface area contributed by atoms with Gasteiger partial charge in [-0.1, -0.05) is 0 Å². The van der Waals surface area contributed by atoms with E-state index in [1.54, 1.807) is 18.3 Å². The van der Waals surface area contributed by atoms with Crippen LogP contribution in [0.1, 0.15) is 12.1 Å². The van der Waals surface area contributed by atoms with Crippen LogP contribution in [-0.2, 0) is 14.9 Å². The lowest BCUT2D eigenvalue weighted by Gasteiger charge is -2.17. The molecule has 4 nitrogen and oxygen atoms in total. The van der Waals surface area contributed by atoms with Crippen LogP contribution in [0.5, 0.6) is 0 Å². The van der Waals surface area contributed by atoms with E-state index in [2.05, 4.69) is 4.98 Å². The van der Waals surface area contributed by atoms with Crippen molar-refractivity contribution in [3.63, 3.8) is 0 Å². The molecule has 3 rings (SSSR count). The average Bonchev–Trinajstić information content (AvgIpc) is 2.83. The van der Waals surface area contributed by atoms with Gasteiger partial charge in [0.15, 0.2) is 0 Å². The smallest absolute Gasteiger partial charge is 0.256 e. The molecule has 15 heavy (non-hydrogen) atoms. The van der Waals surface area contributed by atoms with Crippen LogP contribution in [0, 0.1) is 0 Å². The number of amides is 1. The first-order valence-corrected chi connectivity index (χ1v) is 5.13. The van der Waals surface area contributed by atoms with Gasteiger partial charge in [0.05, 0.1) is 18.0 Å². The Morgan fingerprint density at radius 1 is 1.60 bits per heavy atom. The van der Waals surface area contributed by atoms with Crippen LogP contribution in [-0.4, -0.2) is 24.1 Å². The standard InChI is InChI=1S/C10H9ClN2O2/c11-13-7-2-1-4-12-8(7)10(9(13)14)3-5-15-6-10/h1-2,4H,3,5-6H2. The van der Waals surface area contributed by atoms with Gasteiger partial charge >= 0.3 is 0 Å². The number of ether oxygens (including phenoxy) is 1. The molecule has 1 spiro atoms. The number of hydrogen-bond donors (Lipinski definition) is 0. The third kappa shape index (κ3) is 1.01. The van der Waals surface area contributed by atoms with E-state index >= 15 is 0 Å². The molecule has 3 heterocycles. The maximum atomic E-state index is 12.1. The third-order valence-electron chi connectivity index (χ3n) is 3.06. The monoisotopic (exact) mass is 224 g/mol. The molecule has 78 valence electrons. The molecule has 5 heteroatoms. The number of hydrogen-bond acceptors (Lipinski definition) is 3. The van der Waals surface area contributed by atoms with Gasteiger partial charge in [-0.05, 0) is 18.6 Å². The van der Waals surface area contributed by atoms with Crippen molar-refractivity contribution in [2.24, 2.45) is 0 Å². The van der Waals surface area contributed by atoms with Crippen LogP contribution >= 0.6 is 11.8 Å². The predicted molar refractivity (Wildman–Crippen MR) is 54.7 cm³/mol. The number of aromatic nitrogens is 1. The van der Waals surface area contributed by atoms with Gasteiger partial charge in [0.2, 0.25) is 0 Å². The molecule has 1 atom stereocenters. The van der Waals surface area contributed by atoms with Crippen LogP contribution in [0.25, 0.3) is 0 Å². The highest BCUT2D eigenvalue weighted by Crippen LogP contribution is 2.45. The van der Waals surface area contributed by atoms with Gasteiger partial charge in [-0.2, -0.15) is 0 Å². The summed E-state index contributed by atoms with van der Waals surface area (Å²) in [5.74, 6) is -0.115. The van der Waals surface area contributed by atoms with Gasteiger partial charge in [0.1, 0.15) is 5.41 Å². The normalized spacial score (nSPS) is 28.9. The molecule has 1 aromatic rings. The number of fused-ring (bicyclic) bond motifs is 2. The first-order valence-electron chi connectivity index (χ1n) is 4.79. The predicted octanol–water partition coefficient (Wildman–Crippen LogP) is 1.24. The fraction of sp³-hybridized carbons (Fsp3) is 0.400. The summed E-state index contributed by atoms with van der Waals surface area (Å²) < 4.78 is 6.48. The molecule has 1 fully saturated rings. The molecule has 0 saturated carbocycles. The SMILES string of the molecule is O=C1N(Cl)c2cccnc2C12CCOC2. The minimum Gasteiger partial charge on any atom is -0.380 e. The maximum Gasteiger partial charge on any atom is 0.256 e. The highest BCUT2D eigenvalue weighted by atomic mass is 35.5. The van der Waals surface area contributed by atoms with Gasteiger partial charge in [-0.15, -0.1) is 0 Å². The lowest BCUT2D eigenvalue weighted by Crippen LogP contribution is -2.37. The van der Waals surface area contributed by atoms with Gasteiger partial charge in [-0.3, -0.25) is 9.78 Å². The van der Waals surface area contributed by atoms with Gasteiger partial charge in [0, 0.05) is 24.6 Å².